The van der Waals surface area contributed by atoms with Gasteiger partial charge in [-0.25, -0.2) is 4.98 Å². The highest BCUT2D eigenvalue weighted by Gasteiger charge is 2.13. The monoisotopic (exact) mass is 285 g/mol. The zero-order valence-corrected chi connectivity index (χ0v) is 12.9. The Labute approximate surface area is 123 Å². The largest absolute Gasteiger partial charge is 0.325 e. The van der Waals surface area contributed by atoms with Crippen molar-refractivity contribution in [2.75, 3.05) is 0 Å². The van der Waals surface area contributed by atoms with E-state index in [9.17, 15) is 0 Å². The van der Waals surface area contributed by atoms with Crippen molar-refractivity contribution in [1.29, 1.82) is 0 Å². The van der Waals surface area contributed by atoms with Crippen LogP contribution >= 0.6 is 11.3 Å². The van der Waals surface area contributed by atoms with E-state index in [-0.39, 0.29) is 0 Å². The first-order valence-corrected chi connectivity index (χ1v) is 7.69. The highest BCUT2D eigenvalue weighted by molar-refractivity contribution is 7.17. The van der Waals surface area contributed by atoms with E-state index in [1.807, 2.05) is 6.20 Å². The topological polar surface area (TPSA) is 43.3 Å². The van der Waals surface area contributed by atoms with E-state index < -0.39 is 0 Å². The zero-order valence-electron chi connectivity index (χ0n) is 12.1. The van der Waals surface area contributed by atoms with Crippen molar-refractivity contribution >= 4 is 16.3 Å². The van der Waals surface area contributed by atoms with Crippen LogP contribution in [0.3, 0.4) is 0 Å². The minimum absolute atomic E-state index is 0.485. The highest BCUT2D eigenvalue weighted by atomic mass is 32.1. The molecule has 0 saturated carbocycles. The van der Waals surface area contributed by atoms with Gasteiger partial charge in [-0.2, -0.15) is 0 Å². The first-order chi connectivity index (χ1) is 9.60. The van der Waals surface area contributed by atoms with Gasteiger partial charge in [-0.1, -0.05) is 38.1 Å². The van der Waals surface area contributed by atoms with Crippen LogP contribution in [-0.2, 0) is 6.54 Å². The minimum Gasteiger partial charge on any atom is -0.325 e. The maximum absolute atomic E-state index is 5.68. The van der Waals surface area contributed by atoms with Crippen LogP contribution in [0, 0.1) is 6.92 Å². The molecule has 3 nitrogen and oxygen atoms in total. The molecule has 2 heterocycles. The van der Waals surface area contributed by atoms with E-state index in [1.165, 1.54) is 21.7 Å². The summed E-state index contributed by atoms with van der Waals surface area (Å²) in [5, 5.41) is 0. The average molecular weight is 285 g/mol. The number of imidazole rings is 1. The van der Waals surface area contributed by atoms with Crippen LogP contribution in [0.4, 0.5) is 0 Å². The molecule has 0 amide bonds. The number of aryl methyl sites for hydroxylation is 1. The van der Waals surface area contributed by atoms with Gasteiger partial charge < -0.3 is 5.73 Å². The Balaban J connectivity index is 2.12. The molecule has 3 rings (SSSR count). The Kier molecular flexibility index (Phi) is 3.36. The van der Waals surface area contributed by atoms with Gasteiger partial charge in [0, 0.05) is 17.6 Å². The second-order valence-electron chi connectivity index (χ2n) is 5.37. The van der Waals surface area contributed by atoms with Crippen molar-refractivity contribution in [2.24, 2.45) is 5.73 Å². The third kappa shape index (κ3) is 2.15. The Morgan fingerprint density at radius 2 is 1.95 bits per heavy atom. The summed E-state index contributed by atoms with van der Waals surface area (Å²) >= 11 is 1.72. The molecule has 0 fully saturated rings. The second kappa shape index (κ2) is 5.04. The summed E-state index contributed by atoms with van der Waals surface area (Å²) in [5.74, 6) is 0.560. The van der Waals surface area contributed by atoms with Crippen LogP contribution in [-0.4, -0.2) is 9.38 Å². The predicted octanol–water partition coefficient (Wildman–Crippen LogP) is 3.95. The van der Waals surface area contributed by atoms with Gasteiger partial charge in [0.2, 0.25) is 0 Å². The van der Waals surface area contributed by atoms with Crippen LogP contribution < -0.4 is 5.73 Å². The summed E-state index contributed by atoms with van der Waals surface area (Å²) in [6.45, 7) is 7.06. The molecule has 0 aliphatic rings. The molecule has 0 unspecified atom stereocenters. The Morgan fingerprint density at radius 1 is 1.25 bits per heavy atom. The first kappa shape index (κ1) is 13.3. The van der Waals surface area contributed by atoms with Crippen molar-refractivity contribution in [3.63, 3.8) is 0 Å². The average Bonchev–Trinajstić information content (AvgIpc) is 2.94. The van der Waals surface area contributed by atoms with E-state index in [0.717, 1.165) is 10.7 Å². The van der Waals surface area contributed by atoms with Crippen molar-refractivity contribution in [2.45, 2.75) is 33.2 Å². The predicted molar refractivity (Wildman–Crippen MR) is 85.2 cm³/mol. The number of thiazole rings is 1. The number of nitrogens with zero attached hydrogens (tertiary/aromatic N) is 2. The van der Waals surface area contributed by atoms with E-state index in [0.29, 0.717) is 12.5 Å². The van der Waals surface area contributed by atoms with Crippen molar-refractivity contribution in [3.05, 3.63) is 46.6 Å². The molecule has 0 aliphatic heterocycles. The highest BCUT2D eigenvalue weighted by Crippen LogP contribution is 2.32. The Hall–Kier alpha value is -1.65. The molecular formula is C16H19N3S. The maximum Gasteiger partial charge on any atom is 0.194 e. The lowest BCUT2D eigenvalue weighted by Crippen LogP contribution is -1.95. The smallest absolute Gasteiger partial charge is 0.194 e. The standard InChI is InChI=1S/C16H19N3S/c1-10(2)12-4-6-13(7-5-12)15-11(3)20-16-18-14(8-17)9-19(15)16/h4-7,9-10H,8,17H2,1-3H3. The quantitative estimate of drug-likeness (QED) is 0.791. The van der Waals surface area contributed by atoms with Gasteiger partial charge in [-0.3, -0.25) is 4.40 Å². The van der Waals surface area contributed by atoms with Crippen molar-refractivity contribution < 1.29 is 0 Å². The normalized spacial score (nSPS) is 11.7. The first-order valence-electron chi connectivity index (χ1n) is 6.88. The lowest BCUT2D eigenvalue weighted by Gasteiger charge is -2.07. The Morgan fingerprint density at radius 3 is 2.55 bits per heavy atom. The Bertz CT molecular complexity index is 735. The van der Waals surface area contributed by atoms with Crippen LogP contribution in [0.2, 0.25) is 0 Å². The summed E-state index contributed by atoms with van der Waals surface area (Å²) in [6.07, 6.45) is 2.05. The molecule has 0 atom stereocenters. The lowest BCUT2D eigenvalue weighted by atomic mass is 10.0. The molecule has 4 heteroatoms. The molecular weight excluding hydrogens is 266 g/mol. The molecule has 2 aromatic heterocycles. The summed E-state index contributed by atoms with van der Waals surface area (Å²) in [4.78, 5) is 6.85. The fraction of sp³-hybridized carbons (Fsp3) is 0.312. The zero-order chi connectivity index (χ0) is 14.3. The van der Waals surface area contributed by atoms with Gasteiger partial charge in [0.1, 0.15) is 0 Å². The number of nitrogens with two attached hydrogens (primary N) is 1. The van der Waals surface area contributed by atoms with E-state index in [1.54, 1.807) is 11.3 Å². The van der Waals surface area contributed by atoms with Crippen LogP contribution in [0.5, 0.6) is 0 Å². The molecule has 0 radical (unpaired) electrons. The molecule has 20 heavy (non-hydrogen) atoms. The van der Waals surface area contributed by atoms with Gasteiger partial charge in [-0.05, 0) is 24.0 Å². The van der Waals surface area contributed by atoms with Gasteiger partial charge in [0.25, 0.3) is 0 Å². The van der Waals surface area contributed by atoms with Gasteiger partial charge in [0.15, 0.2) is 4.96 Å². The number of benzene rings is 1. The molecule has 2 N–H and O–H groups in total. The lowest BCUT2D eigenvalue weighted by molar-refractivity contribution is 0.867. The van der Waals surface area contributed by atoms with Gasteiger partial charge >= 0.3 is 0 Å². The molecule has 0 aliphatic carbocycles. The molecule has 3 aromatic rings. The SMILES string of the molecule is Cc1sc2nc(CN)cn2c1-c1ccc(C(C)C)cc1. The van der Waals surface area contributed by atoms with Gasteiger partial charge in [0.05, 0.1) is 11.4 Å². The number of aromatic nitrogens is 2. The molecule has 104 valence electrons. The third-order valence-corrected chi connectivity index (χ3v) is 4.57. The number of hydrogen-bond acceptors (Lipinski definition) is 3. The fourth-order valence-corrected chi connectivity index (χ4v) is 3.46. The summed E-state index contributed by atoms with van der Waals surface area (Å²) in [7, 11) is 0. The van der Waals surface area contributed by atoms with Crippen molar-refractivity contribution in [1.82, 2.24) is 9.38 Å². The summed E-state index contributed by atoms with van der Waals surface area (Å²) < 4.78 is 2.16. The van der Waals surface area contributed by atoms with Crippen molar-refractivity contribution in [3.8, 4) is 11.3 Å². The van der Waals surface area contributed by atoms with Crippen LogP contribution in [0.1, 0.15) is 35.9 Å². The molecule has 0 spiro atoms. The van der Waals surface area contributed by atoms with E-state index >= 15 is 0 Å². The number of hydrogen-bond donors (Lipinski definition) is 1. The molecule has 0 saturated heterocycles. The van der Waals surface area contributed by atoms with Gasteiger partial charge in [-0.15, -0.1) is 11.3 Å². The second-order valence-corrected chi connectivity index (χ2v) is 6.55. The maximum atomic E-state index is 5.68. The summed E-state index contributed by atoms with van der Waals surface area (Å²) in [5.41, 5.74) is 10.5. The fourth-order valence-electron chi connectivity index (χ4n) is 2.46. The molecule has 1 aromatic carbocycles. The number of fused-ring (bicyclic) bond motifs is 1. The van der Waals surface area contributed by atoms with Crippen LogP contribution in [0.15, 0.2) is 30.5 Å². The van der Waals surface area contributed by atoms with E-state index in [2.05, 4.69) is 54.4 Å². The van der Waals surface area contributed by atoms with E-state index in [4.69, 9.17) is 5.73 Å². The number of rotatable bonds is 3. The summed E-state index contributed by atoms with van der Waals surface area (Å²) in [6, 6.07) is 8.82. The van der Waals surface area contributed by atoms with Crippen LogP contribution in [0.25, 0.3) is 16.2 Å². The minimum atomic E-state index is 0.485. The molecule has 0 bridgehead atoms. The third-order valence-electron chi connectivity index (χ3n) is 3.60.